The number of aliphatic hydroxyl groups excluding tert-OH is 1. The van der Waals surface area contributed by atoms with Gasteiger partial charge in [-0.25, -0.2) is 9.97 Å². The molecular formula is C18H35N5O3. The van der Waals surface area contributed by atoms with Crippen molar-refractivity contribution in [2.24, 2.45) is 0 Å². The topological polar surface area (TPSA) is 83.0 Å². The van der Waals surface area contributed by atoms with Crippen LogP contribution in [0.4, 0.5) is 11.6 Å². The lowest BCUT2D eigenvalue weighted by molar-refractivity contribution is -0.182. The second kappa shape index (κ2) is 12.0. The van der Waals surface area contributed by atoms with Crippen molar-refractivity contribution in [1.29, 1.82) is 0 Å². The van der Waals surface area contributed by atoms with E-state index in [0.717, 1.165) is 43.3 Å². The van der Waals surface area contributed by atoms with E-state index in [-0.39, 0.29) is 6.04 Å². The molecule has 0 bridgehead atoms. The van der Waals surface area contributed by atoms with E-state index < -0.39 is 6.41 Å². The molecule has 1 rings (SSSR count). The smallest absolute Gasteiger partial charge is 0.215 e. The van der Waals surface area contributed by atoms with Gasteiger partial charge in [0.05, 0.1) is 6.61 Å². The Labute approximate surface area is 157 Å². The van der Waals surface area contributed by atoms with Gasteiger partial charge < -0.3 is 24.8 Å². The highest BCUT2D eigenvalue weighted by molar-refractivity contribution is 5.58. The summed E-state index contributed by atoms with van der Waals surface area (Å²) >= 11 is 0. The molecule has 0 radical (unpaired) electrons. The fraction of sp³-hybridized carbons (Fsp3) is 0.778. The van der Waals surface area contributed by atoms with Gasteiger partial charge in [0.1, 0.15) is 18.0 Å². The van der Waals surface area contributed by atoms with Crippen LogP contribution in [0.1, 0.15) is 32.8 Å². The first-order valence-corrected chi connectivity index (χ1v) is 9.26. The van der Waals surface area contributed by atoms with E-state index in [2.05, 4.69) is 34.0 Å². The van der Waals surface area contributed by atoms with Gasteiger partial charge >= 0.3 is 0 Å². The molecule has 26 heavy (non-hydrogen) atoms. The van der Waals surface area contributed by atoms with E-state index in [0.29, 0.717) is 13.2 Å². The summed E-state index contributed by atoms with van der Waals surface area (Å²) in [7, 11) is 3.54. The fourth-order valence-corrected chi connectivity index (χ4v) is 2.74. The maximum Gasteiger partial charge on any atom is 0.215 e. The lowest BCUT2D eigenvalue weighted by Gasteiger charge is -2.27. The summed E-state index contributed by atoms with van der Waals surface area (Å²) in [5.41, 5.74) is 1.03. The molecule has 1 unspecified atom stereocenters. The summed E-state index contributed by atoms with van der Waals surface area (Å²) in [4.78, 5) is 12.9. The summed E-state index contributed by atoms with van der Waals surface area (Å²) in [5.74, 6) is 1.77. The van der Waals surface area contributed by atoms with Crippen molar-refractivity contribution < 1.29 is 14.6 Å². The first-order valence-electron chi connectivity index (χ1n) is 9.26. The lowest BCUT2D eigenvalue weighted by atomic mass is 10.2. The van der Waals surface area contributed by atoms with Gasteiger partial charge in [0.25, 0.3) is 0 Å². The van der Waals surface area contributed by atoms with Gasteiger partial charge in [0.2, 0.25) is 6.41 Å². The van der Waals surface area contributed by atoms with Gasteiger partial charge in [0, 0.05) is 45.0 Å². The summed E-state index contributed by atoms with van der Waals surface area (Å²) in [6, 6.07) is 0.172. The quantitative estimate of drug-likeness (QED) is 0.508. The van der Waals surface area contributed by atoms with Crippen LogP contribution in [-0.2, 0) is 9.47 Å². The molecule has 0 fully saturated rings. The highest BCUT2D eigenvalue weighted by atomic mass is 16.6. The summed E-state index contributed by atoms with van der Waals surface area (Å²) < 4.78 is 10.4. The minimum atomic E-state index is -0.853. The van der Waals surface area contributed by atoms with Gasteiger partial charge in [-0.05, 0) is 41.2 Å². The average Bonchev–Trinajstić information content (AvgIpc) is 2.61. The Morgan fingerprint density at radius 3 is 2.62 bits per heavy atom. The van der Waals surface area contributed by atoms with Crippen LogP contribution < -0.4 is 10.2 Å². The minimum absolute atomic E-state index is 0.172. The molecule has 0 saturated heterocycles. The van der Waals surface area contributed by atoms with Crippen LogP contribution in [-0.4, -0.2) is 79.4 Å². The summed E-state index contributed by atoms with van der Waals surface area (Å²) in [5, 5.41) is 13.2. The fourth-order valence-electron chi connectivity index (χ4n) is 2.74. The molecule has 0 aromatic carbocycles. The Morgan fingerprint density at radius 1 is 1.27 bits per heavy atom. The first-order chi connectivity index (χ1) is 12.4. The Morgan fingerprint density at radius 2 is 2.00 bits per heavy atom. The Balaban J connectivity index is 2.69. The number of nitrogens with one attached hydrogen (secondary N) is 1. The van der Waals surface area contributed by atoms with Gasteiger partial charge in [-0.3, -0.25) is 4.90 Å². The average molecular weight is 370 g/mol. The molecule has 0 aliphatic heterocycles. The van der Waals surface area contributed by atoms with E-state index in [9.17, 15) is 5.11 Å². The number of methoxy groups -OCH3 is 1. The minimum Gasteiger partial charge on any atom is -0.383 e. The molecule has 0 spiro atoms. The zero-order chi connectivity index (χ0) is 19.5. The molecule has 0 aliphatic rings. The molecule has 1 aromatic rings. The van der Waals surface area contributed by atoms with Crippen LogP contribution in [0.2, 0.25) is 0 Å². The van der Waals surface area contributed by atoms with Gasteiger partial charge in [0.15, 0.2) is 0 Å². The number of aromatic nitrogens is 2. The van der Waals surface area contributed by atoms with E-state index in [1.54, 1.807) is 18.3 Å². The molecule has 150 valence electrons. The molecule has 8 nitrogen and oxygen atoms in total. The number of hydrogen-bond acceptors (Lipinski definition) is 8. The second-order valence-electron chi connectivity index (χ2n) is 6.37. The van der Waals surface area contributed by atoms with Crippen molar-refractivity contribution in [2.45, 2.75) is 46.6 Å². The normalized spacial score (nSPS) is 13.7. The van der Waals surface area contributed by atoms with Gasteiger partial charge in [-0.15, -0.1) is 0 Å². The Bertz CT molecular complexity index is 518. The highest BCUT2D eigenvalue weighted by Crippen LogP contribution is 2.23. The predicted molar refractivity (Wildman–Crippen MR) is 104 cm³/mol. The first kappa shape index (κ1) is 22.6. The number of rotatable bonds is 13. The maximum absolute atomic E-state index is 9.82. The molecular weight excluding hydrogens is 334 g/mol. The zero-order valence-electron chi connectivity index (χ0n) is 17.0. The van der Waals surface area contributed by atoms with Crippen LogP contribution in [0.3, 0.4) is 0 Å². The zero-order valence-corrected chi connectivity index (χ0v) is 17.0. The number of ether oxygens (including phenoxy) is 2. The van der Waals surface area contributed by atoms with Crippen LogP contribution in [0.25, 0.3) is 0 Å². The van der Waals surface area contributed by atoms with Crippen molar-refractivity contribution in [3.05, 3.63) is 11.9 Å². The predicted octanol–water partition coefficient (Wildman–Crippen LogP) is 1.69. The number of aliphatic hydroxyl groups is 1. The van der Waals surface area contributed by atoms with Crippen molar-refractivity contribution in [3.63, 3.8) is 0 Å². The van der Waals surface area contributed by atoms with E-state index in [1.807, 2.05) is 20.9 Å². The van der Waals surface area contributed by atoms with Crippen LogP contribution in [0.5, 0.6) is 0 Å². The SMILES string of the molecule is CCOC(O)N(C)CCCN(CC)c1ncnc(N[C@H](C)COC)c1C. The van der Waals surface area contributed by atoms with Gasteiger partial charge in [-0.2, -0.15) is 0 Å². The summed E-state index contributed by atoms with van der Waals surface area (Å²) in [6.45, 7) is 11.6. The molecule has 1 aromatic heterocycles. The summed E-state index contributed by atoms with van der Waals surface area (Å²) in [6.07, 6.45) is 1.63. The highest BCUT2D eigenvalue weighted by Gasteiger charge is 2.15. The number of nitrogens with zero attached hydrogens (tertiary/aromatic N) is 4. The Kier molecular flexibility index (Phi) is 10.4. The van der Waals surface area contributed by atoms with E-state index >= 15 is 0 Å². The van der Waals surface area contributed by atoms with Crippen LogP contribution in [0.15, 0.2) is 6.33 Å². The molecule has 0 saturated carbocycles. The van der Waals surface area contributed by atoms with E-state index in [4.69, 9.17) is 9.47 Å². The van der Waals surface area contributed by atoms with Crippen molar-refractivity contribution in [3.8, 4) is 0 Å². The van der Waals surface area contributed by atoms with Crippen molar-refractivity contribution >= 4 is 11.6 Å². The Hall–Kier alpha value is -1.48. The standard InChI is InChI=1S/C18H35N5O3/c1-7-23(11-9-10-22(5)18(24)26-8-2)17-15(4)16(19-13-20-17)21-14(3)12-25-6/h13-14,18,24H,7-12H2,1-6H3,(H,19,20,21)/t14-,18?/m1/s1. The molecule has 1 heterocycles. The third-order valence-electron chi connectivity index (χ3n) is 4.17. The molecule has 2 atom stereocenters. The molecule has 0 amide bonds. The van der Waals surface area contributed by atoms with Crippen molar-refractivity contribution in [1.82, 2.24) is 14.9 Å². The molecule has 8 heteroatoms. The molecule has 2 N–H and O–H groups in total. The monoisotopic (exact) mass is 369 g/mol. The molecule has 0 aliphatic carbocycles. The largest absolute Gasteiger partial charge is 0.383 e. The van der Waals surface area contributed by atoms with Crippen molar-refractivity contribution in [2.75, 3.05) is 57.2 Å². The third kappa shape index (κ3) is 7.03. The number of anilines is 2. The van der Waals surface area contributed by atoms with E-state index in [1.165, 1.54) is 0 Å². The second-order valence-corrected chi connectivity index (χ2v) is 6.37. The number of hydrogen-bond donors (Lipinski definition) is 2. The lowest BCUT2D eigenvalue weighted by Crippen LogP contribution is -2.36. The van der Waals surface area contributed by atoms with Crippen LogP contribution in [0, 0.1) is 6.92 Å². The van der Waals surface area contributed by atoms with Gasteiger partial charge in [-0.1, -0.05) is 0 Å². The third-order valence-corrected chi connectivity index (χ3v) is 4.17. The maximum atomic E-state index is 9.82. The van der Waals surface area contributed by atoms with Crippen LogP contribution >= 0.6 is 0 Å².